The van der Waals surface area contributed by atoms with Gasteiger partial charge in [0, 0.05) is 0 Å². The maximum atomic E-state index is 11.8. The molecule has 144 valence electrons. The summed E-state index contributed by atoms with van der Waals surface area (Å²) in [5.41, 5.74) is 9.36. The number of methoxy groups -OCH3 is 1. The summed E-state index contributed by atoms with van der Waals surface area (Å²) in [6, 6.07) is 2.66. The van der Waals surface area contributed by atoms with Crippen molar-refractivity contribution in [3.8, 4) is 5.75 Å². The van der Waals surface area contributed by atoms with Gasteiger partial charge in [0.1, 0.15) is 11.4 Å². The normalized spacial score (nSPS) is 18.6. The van der Waals surface area contributed by atoms with E-state index in [1.807, 2.05) is 0 Å². The predicted molar refractivity (Wildman–Crippen MR) is 97.8 cm³/mol. The number of nitro benzene ring substituents is 2. The molecule has 1 aromatic rings. The van der Waals surface area contributed by atoms with E-state index in [4.69, 9.17) is 16.2 Å². The lowest BCUT2D eigenvalue weighted by molar-refractivity contribution is -0.422. The SMILES string of the molecule is COc1ccc(N2C(N)=NC(N)=NC23CCCCC3)c([N+](=O)[O-])c1[N+](=O)[O-]. The van der Waals surface area contributed by atoms with Crippen molar-refractivity contribution in [1.29, 1.82) is 0 Å². The van der Waals surface area contributed by atoms with Crippen LogP contribution < -0.4 is 21.1 Å². The number of guanidine groups is 2. The molecule has 27 heavy (non-hydrogen) atoms. The van der Waals surface area contributed by atoms with Gasteiger partial charge in [0.05, 0.1) is 17.0 Å². The molecule has 0 saturated heterocycles. The molecule has 0 unspecified atom stereocenters. The minimum atomic E-state index is -0.957. The van der Waals surface area contributed by atoms with Gasteiger partial charge < -0.3 is 16.2 Å². The van der Waals surface area contributed by atoms with Crippen LogP contribution in [0.4, 0.5) is 17.1 Å². The molecule has 1 aliphatic heterocycles. The Hall–Kier alpha value is -3.44. The van der Waals surface area contributed by atoms with Crippen LogP contribution >= 0.6 is 0 Å². The number of nitro groups is 2. The lowest BCUT2D eigenvalue weighted by Crippen LogP contribution is -2.58. The summed E-state index contributed by atoms with van der Waals surface area (Å²) >= 11 is 0. The number of aliphatic imine (C=N–C) groups is 2. The van der Waals surface area contributed by atoms with Crippen molar-refractivity contribution in [2.75, 3.05) is 12.0 Å². The van der Waals surface area contributed by atoms with Crippen molar-refractivity contribution in [2.45, 2.75) is 37.8 Å². The summed E-state index contributed by atoms with van der Waals surface area (Å²) in [7, 11) is 1.20. The van der Waals surface area contributed by atoms with Crippen molar-refractivity contribution in [3.63, 3.8) is 0 Å². The van der Waals surface area contributed by atoms with Gasteiger partial charge in [0.2, 0.25) is 17.7 Å². The molecular formula is C15H19N7O5. The largest absolute Gasteiger partial charge is 0.490 e. The highest BCUT2D eigenvalue weighted by Gasteiger charge is 2.47. The average Bonchev–Trinajstić information content (AvgIpc) is 2.60. The second kappa shape index (κ2) is 6.70. The third-order valence-electron chi connectivity index (χ3n) is 4.77. The maximum absolute atomic E-state index is 11.8. The Morgan fingerprint density at radius 1 is 1.11 bits per heavy atom. The first kappa shape index (κ1) is 18.4. The average molecular weight is 377 g/mol. The molecule has 0 bridgehead atoms. The third kappa shape index (κ3) is 2.98. The fourth-order valence-electron chi connectivity index (χ4n) is 3.72. The molecule has 12 heteroatoms. The number of anilines is 1. The zero-order valence-corrected chi connectivity index (χ0v) is 14.6. The van der Waals surface area contributed by atoms with Crippen LogP contribution in [-0.2, 0) is 0 Å². The van der Waals surface area contributed by atoms with E-state index in [-0.39, 0.29) is 23.4 Å². The molecule has 0 atom stereocenters. The topological polar surface area (TPSA) is 176 Å². The van der Waals surface area contributed by atoms with Gasteiger partial charge in [0.25, 0.3) is 0 Å². The molecule has 1 spiro atoms. The van der Waals surface area contributed by atoms with Crippen molar-refractivity contribution < 1.29 is 14.6 Å². The van der Waals surface area contributed by atoms with Crippen molar-refractivity contribution >= 4 is 29.0 Å². The zero-order chi connectivity index (χ0) is 19.8. The number of hydrogen-bond acceptors (Lipinski definition) is 10. The Balaban J connectivity index is 2.28. The third-order valence-corrected chi connectivity index (χ3v) is 4.77. The summed E-state index contributed by atoms with van der Waals surface area (Å²) in [5.74, 6) is -0.327. The Bertz CT molecular complexity index is 860. The number of nitrogens with two attached hydrogens (primary N) is 2. The Kier molecular flexibility index (Phi) is 4.56. The molecule has 1 fully saturated rings. The summed E-state index contributed by atoms with van der Waals surface area (Å²) in [4.78, 5) is 31.4. The number of nitrogens with zero attached hydrogens (tertiary/aromatic N) is 5. The van der Waals surface area contributed by atoms with Crippen LogP contribution in [0.5, 0.6) is 5.75 Å². The molecule has 4 N–H and O–H groups in total. The molecule has 12 nitrogen and oxygen atoms in total. The molecule has 0 aromatic heterocycles. The number of hydrogen-bond donors (Lipinski definition) is 2. The van der Waals surface area contributed by atoms with Crippen LogP contribution in [-0.4, -0.2) is 34.5 Å². The van der Waals surface area contributed by atoms with Crippen molar-refractivity contribution in [3.05, 3.63) is 32.4 Å². The molecule has 2 aliphatic rings. The van der Waals surface area contributed by atoms with Crippen LogP contribution in [0.3, 0.4) is 0 Å². The van der Waals surface area contributed by atoms with Gasteiger partial charge in [-0.25, -0.2) is 4.99 Å². The molecule has 0 radical (unpaired) electrons. The molecule has 3 rings (SSSR count). The number of ether oxygens (including phenoxy) is 1. The van der Waals surface area contributed by atoms with E-state index in [2.05, 4.69) is 9.98 Å². The monoisotopic (exact) mass is 377 g/mol. The number of rotatable bonds is 4. The van der Waals surface area contributed by atoms with Gasteiger partial charge in [-0.1, -0.05) is 6.42 Å². The van der Waals surface area contributed by atoms with Crippen LogP contribution in [0.1, 0.15) is 32.1 Å². The summed E-state index contributed by atoms with van der Waals surface area (Å²) in [5, 5.41) is 23.3. The predicted octanol–water partition coefficient (Wildman–Crippen LogP) is 1.62. The summed E-state index contributed by atoms with van der Waals surface area (Å²) in [6.07, 6.45) is 3.69. The van der Waals surface area contributed by atoms with E-state index in [0.29, 0.717) is 12.8 Å². The van der Waals surface area contributed by atoms with Crippen LogP contribution in [0.15, 0.2) is 22.1 Å². The van der Waals surface area contributed by atoms with Gasteiger partial charge in [-0.3, -0.25) is 25.1 Å². The Labute approximate surface area is 153 Å². The highest BCUT2D eigenvalue weighted by molar-refractivity contribution is 6.07. The van der Waals surface area contributed by atoms with E-state index >= 15 is 0 Å². The number of benzene rings is 1. The van der Waals surface area contributed by atoms with Crippen molar-refractivity contribution in [2.24, 2.45) is 21.5 Å². The minimum absolute atomic E-state index is 0.0173. The smallest absolute Gasteiger partial charge is 0.389 e. The van der Waals surface area contributed by atoms with E-state index in [1.165, 1.54) is 24.1 Å². The second-order valence-corrected chi connectivity index (χ2v) is 6.32. The maximum Gasteiger partial charge on any atom is 0.389 e. The van der Waals surface area contributed by atoms with Gasteiger partial charge in [-0.05, 0) is 37.8 Å². The quantitative estimate of drug-likeness (QED) is 0.587. The molecule has 1 aromatic carbocycles. The molecule has 1 heterocycles. The summed E-state index contributed by atoms with van der Waals surface area (Å²) in [6.45, 7) is 0. The van der Waals surface area contributed by atoms with E-state index < -0.39 is 26.9 Å². The fourth-order valence-corrected chi connectivity index (χ4v) is 3.72. The molecule has 1 saturated carbocycles. The van der Waals surface area contributed by atoms with Gasteiger partial charge in [-0.15, -0.1) is 0 Å². The first-order chi connectivity index (χ1) is 12.8. The second-order valence-electron chi connectivity index (χ2n) is 6.32. The molecule has 0 amide bonds. The van der Waals surface area contributed by atoms with Gasteiger partial charge >= 0.3 is 11.4 Å². The van der Waals surface area contributed by atoms with Crippen LogP contribution in [0.25, 0.3) is 0 Å². The Morgan fingerprint density at radius 3 is 2.30 bits per heavy atom. The Morgan fingerprint density at radius 2 is 1.74 bits per heavy atom. The summed E-state index contributed by atoms with van der Waals surface area (Å²) < 4.78 is 4.95. The highest BCUT2D eigenvalue weighted by Crippen LogP contribution is 2.48. The molecule has 1 aliphatic carbocycles. The minimum Gasteiger partial charge on any atom is -0.490 e. The standard InChI is InChI=1S/C15H19N7O5/c1-27-10-6-5-9(11(21(23)24)12(10)22(25)26)20-14(17)18-13(16)19-15(20)7-3-2-4-8-15/h5-6H,2-4,7-8H2,1H3,(H4,16,17,18,19). The first-order valence-electron chi connectivity index (χ1n) is 8.30. The van der Waals surface area contributed by atoms with E-state index in [9.17, 15) is 20.2 Å². The van der Waals surface area contributed by atoms with Crippen molar-refractivity contribution in [1.82, 2.24) is 0 Å². The van der Waals surface area contributed by atoms with E-state index in [0.717, 1.165) is 19.3 Å². The highest BCUT2D eigenvalue weighted by atomic mass is 16.6. The van der Waals surface area contributed by atoms with E-state index in [1.54, 1.807) is 0 Å². The van der Waals surface area contributed by atoms with Crippen LogP contribution in [0.2, 0.25) is 0 Å². The van der Waals surface area contributed by atoms with Crippen LogP contribution in [0, 0.1) is 20.2 Å². The zero-order valence-electron chi connectivity index (χ0n) is 14.6. The first-order valence-corrected chi connectivity index (χ1v) is 8.30. The van der Waals surface area contributed by atoms with Gasteiger partial charge in [0.15, 0.2) is 0 Å². The van der Waals surface area contributed by atoms with Gasteiger partial charge in [-0.2, -0.15) is 4.99 Å². The molecular weight excluding hydrogens is 358 g/mol. The lowest BCUT2D eigenvalue weighted by atomic mass is 9.87. The lowest BCUT2D eigenvalue weighted by Gasteiger charge is -2.45. The fraction of sp³-hybridized carbons (Fsp3) is 0.467.